The number of carbonyl (C=O) groups is 1. The van der Waals surface area contributed by atoms with E-state index in [9.17, 15) is 4.79 Å². The van der Waals surface area contributed by atoms with Gasteiger partial charge in [0, 0.05) is 18.3 Å². The zero-order valence-electron chi connectivity index (χ0n) is 18.0. The van der Waals surface area contributed by atoms with Gasteiger partial charge in [-0.25, -0.2) is 9.79 Å². The van der Waals surface area contributed by atoms with Crippen molar-refractivity contribution in [2.45, 2.75) is 53.1 Å². The lowest BCUT2D eigenvalue weighted by atomic mass is 10.2. The standard InChI is InChI=1S/C21H37N5O2/c1-6-22-20(24-17(4)10-9-15-26(7-2)8-3)23-16-18-11-13-19(14-12-18)25-21(27)28-5/h11-14,17H,6-10,15-16H2,1-5H3,(H,25,27)(H2,22,23,24). The second-order valence-electron chi connectivity index (χ2n) is 6.72. The minimum Gasteiger partial charge on any atom is -0.453 e. The third kappa shape index (κ3) is 9.60. The first-order valence-corrected chi connectivity index (χ1v) is 10.2. The number of rotatable bonds is 11. The minimum atomic E-state index is -0.473. The van der Waals surface area contributed by atoms with Gasteiger partial charge in [0.05, 0.1) is 13.7 Å². The maximum Gasteiger partial charge on any atom is 0.411 e. The number of hydrogen-bond donors (Lipinski definition) is 3. The van der Waals surface area contributed by atoms with Crippen LogP contribution in [-0.4, -0.2) is 56.3 Å². The third-order valence-corrected chi connectivity index (χ3v) is 4.54. The van der Waals surface area contributed by atoms with Crippen molar-refractivity contribution in [2.75, 3.05) is 38.6 Å². The van der Waals surface area contributed by atoms with Crippen molar-refractivity contribution in [1.29, 1.82) is 0 Å². The average Bonchev–Trinajstić information content (AvgIpc) is 2.70. The third-order valence-electron chi connectivity index (χ3n) is 4.54. The van der Waals surface area contributed by atoms with Crippen molar-refractivity contribution in [1.82, 2.24) is 15.5 Å². The van der Waals surface area contributed by atoms with Crippen LogP contribution in [-0.2, 0) is 11.3 Å². The van der Waals surface area contributed by atoms with E-state index in [0.29, 0.717) is 18.3 Å². The quantitative estimate of drug-likeness (QED) is 0.398. The van der Waals surface area contributed by atoms with E-state index in [1.54, 1.807) is 0 Å². The molecule has 1 atom stereocenters. The average molecular weight is 392 g/mol. The molecule has 1 aromatic carbocycles. The fourth-order valence-electron chi connectivity index (χ4n) is 2.82. The van der Waals surface area contributed by atoms with Crippen LogP contribution in [0.5, 0.6) is 0 Å². The van der Waals surface area contributed by atoms with Crippen molar-refractivity contribution in [3.63, 3.8) is 0 Å². The summed E-state index contributed by atoms with van der Waals surface area (Å²) in [6.45, 7) is 13.4. The van der Waals surface area contributed by atoms with E-state index in [2.05, 4.69) is 58.3 Å². The highest BCUT2D eigenvalue weighted by molar-refractivity contribution is 5.84. The molecule has 28 heavy (non-hydrogen) atoms. The van der Waals surface area contributed by atoms with E-state index in [4.69, 9.17) is 0 Å². The molecular formula is C21H37N5O2. The van der Waals surface area contributed by atoms with Crippen LogP contribution < -0.4 is 16.0 Å². The molecule has 1 amide bonds. The van der Waals surface area contributed by atoms with Gasteiger partial charge in [-0.2, -0.15) is 0 Å². The lowest BCUT2D eigenvalue weighted by molar-refractivity contribution is 0.187. The van der Waals surface area contributed by atoms with Crippen LogP contribution in [0.3, 0.4) is 0 Å². The van der Waals surface area contributed by atoms with Crippen molar-refractivity contribution < 1.29 is 9.53 Å². The summed E-state index contributed by atoms with van der Waals surface area (Å²) in [6, 6.07) is 7.95. The molecule has 1 rings (SSSR count). The lowest BCUT2D eigenvalue weighted by Gasteiger charge is -2.21. The number of nitrogens with zero attached hydrogens (tertiary/aromatic N) is 2. The van der Waals surface area contributed by atoms with E-state index >= 15 is 0 Å². The molecule has 0 aliphatic heterocycles. The number of aliphatic imine (C=N–C) groups is 1. The predicted molar refractivity (Wildman–Crippen MR) is 117 cm³/mol. The number of carbonyl (C=O) groups excluding carboxylic acids is 1. The summed E-state index contributed by atoms with van der Waals surface area (Å²) >= 11 is 0. The van der Waals surface area contributed by atoms with Gasteiger partial charge in [-0.15, -0.1) is 0 Å². The molecule has 3 N–H and O–H groups in total. The number of amides is 1. The highest BCUT2D eigenvalue weighted by Crippen LogP contribution is 2.10. The Labute approximate surface area is 169 Å². The molecule has 0 saturated heterocycles. The van der Waals surface area contributed by atoms with Crippen LogP contribution in [0.1, 0.15) is 46.1 Å². The Morgan fingerprint density at radius 2 is 1.86 bits per heavy atom. The second-order valence-corrected chi connectivity index (χ2v) is 6.72. The summed E-state index contributed by atoms with van der Waals surface area (Å²) in [5.41, 5.74) is 1.77. The summed E-state index contributed by atoms with van der Waals surface area (Å²) < 4.78 is 4.59. The van der Waals surface area contributed by atoms with Gasteiger partial charge in [0.25, 0.3) is 0 Å². The number of nitrogens with one attached hydrogen (secondary N) is 3. The second kappa shape index (κ2) is 13.8. The summed E-state index contributed by atoms with van der Waals surface area (Å²) in [4.78, 5) is 18.4. The summed E-state index contributed by atoms with van der Waals surface area (Å²) in [5.74, 6) is 0.828. The topological polar surface area (TPSA) is 78.0 Å². The zero-order valence-corrected chi connectivity index (χ0v) is 18.0. The zero-order chi connectivity index (χ0) is 20.8. The maximum absolute atomic E-state index is 11.2. The van der Waals surface area contributed by atoms with E-state index in [1.165, 1.54) is 13.5 Å². The van der Waals surface area contributed by atoms with E-state index in [0.717, 1.165) is 44.1 Å². The van der Waals surface area contributed by atoms with Crippen molar-refractivity contribution >= 4 is 17.7 Å². The molecule has 0 aliphatic rings. The van der Waals surface area contributed by atoms with E-state index < -0.39 is 6.09 Å². The molecule has 0 aromatic heterocycles. The van der Waals surface area contributed by atoms with Crippen LogP contribution in [0.2, 0.25) is 0 Å². The summed E-state index contributed by atoms with van der Waals surface area (Å²) in [6.07, 6.45) is 1.80. The molecule has 1 aromatic rings. The SMILES string of the molecule is CCNC(=NCc1ccc(NC(=O)OC)cc1)NC(C)CCCN(CC)CC. The van der Waals surface area contributed by atoms with Crippen molar-refractivity contribution in [3.05, 3.63) is 29.8 Å². The Hall–Kier alpha value is -2.28. The highest BCUT2D eigenvalue weighted by Gasteiger charge is 2.07. The number of guanidine groups is 1. The largest absolute Gasteiger partial charge is 0.453 e. The van der Waals surface area contributed by atoms with Gasteiger partial charge in [-0.05, 0) is 64.0 Å². The smallest absolute Gasteiger partial charge is 0.411 e. The molecule has 158 valence electrons. The first kappa shape index (κ1) is 23.8. The molecule has 0 saturated carbocycles. The Bertz CT molecular complexity index is 585. The molecule has 1 unspecified atom stereocenters. The fraction of sp³-hybridized carbons (Fsp3) is 0.619. The Morgan fingerprint density at radius 3 is 2.43 bits per heavy atom. The Balaban J connectivity index is 2.53. The molecule has 0 aliphatic carbocycles. The molecule has 7 nitrogen and oxygen atoms in total. The van der Waals surface area contributed by atoms with Crippen LogP contribution in [0.15, 0.2) is 29.3 Å². The fourth-order valence-corrected chi connectivity index (χ4v) is 2.82. The maximum atomic E-state index is 11.2. The van der Waals surface area contributed by atoms with Crippen molar-refractivity contribution in [2.24, 2.45) is 4.99 Å². The van der Waals surface area contributed by atoms with Gasteiger partial charge < -0.3 is 20.3 Å². The molecule has 0 spiro atoms. The number of anilines is 1. The summed E-state index contributed by atoms with van der Waals surface area (Å²) in [5, 5.41) is 9.44. The van der Waals surface area contributed by atoms with Crippen LogP contribution >= 0.6 is 0 Å². The van der Waals surface area contributed by atoms with Crippen LogP contribution in [0.25, 0.3) is 0 Å². The van der Waals surface area contributed by atoms with Gasteiger partial charge in [-0.1, -0.05) is 26.0 Å². The number of ether oxygens (including phenoxy) is 1. The van der Waals surface area contributed by atoms with Gasteiger partial charge >= 0.3 is 6.09 Å². The van der Waals surface area contributed by atoms with Gasteiger partial charge in [0.1, 0.15) is 0 Å². The van der Waals surface area contributed by atoms with Gasteiger partial charge in [0.15, 0.2) is 5.96 Å². The Kier molecular flexibility index (Phi) is 11.7. The van der Waals surface area contributed by atoms with Crippen molar-refractivity contribution in [3.8, 4) is 0 Å². The monoisotopic (exact) mass is 391 g/mol. The number of methoxy groups -OCH3 is 1. The number of hydrogen-bond acceptors (Lipinski definition) is 4. The van der Waals surface area contributed by atoms with Crippen LogP contribution in [0, 0.1) is 0 Å². The highest BCUT2D eigenvalue weighted by atomic mass is 16.5. The molecular weight excluding hydrogens is 354 g/mol. The van der Waals surface area contributed by atoms with Crippen LogP contribution in [0.4, 0.5) is 10.5 Å². The molecule has 0 fully saturated rings. The minimum absolute atomic E-state index is 0.361. The van der Waals surface area contributed by atoms with Gasteiger partial charge in [0.2, 0.25) is 0 Å². The van der Waals surface area contributed by atoms with E-state index in [1.807, 2.05) is 24.3 Å². The Morgan fingerprint density at radius 1 is 1.18 bits per heavy atom. The molecule has 0 bridgehead atoms. The predicted octanol–water partition coefficient (Wildman–Crippen LogP) is 3.43. The first-order valence-electron chi connectivity index (χ1n) is 10.2. The van der Waals surface area contributed by atoms with E-state index in [-0.39, 0.29) is 0 Å². The molecule has 7 heteroatoms. The normalized spacial score (nSPS) is 12.6. The molecule has 0 heterocycles. The first-order chi connectivity index (χ1) is 13.5. The lowest BCUT2D eigenvalue weighted by Crippen LogP contribution is -2.42. The van der Waals surface area contributed by atoms with Gasteiger partial charge in [-0.3, -0.25) is 5.32 Å². The molecule has 0 radical (unpaired) electrons. The summed E-state index contributed by atoms with van der Waals surface area (Å²) in [7, 11) is 1.35. The number of benzene rings is 1.